The number of halogens is 3. The van der Waals surface area contributed by atoms with Gasteiger partial charge in [-0.05, 0) is 6.07 Å². The van der Waals surface area contributed by atoms with Gasteiger partial charge < -0.3 is 15.0 Å². The minimum atomic E-state index is -4.46. The summed E-state index contributed by atoms with van der Waals surface area (Å²) in [7, 11) is 0. The SMILES string of the molecule is CC(C)NCC1COCCN1c1nccc(C(F)(F)F)n1. The molecule has 1 saturated heterocycles. The van der Waals surface area contributed by atoms with Crippen LogP contribution >= 0.6 is 0 Å². The van der Waals surface area contributed by atoms with Gasteiger partial charge in [-0.1, -0.05) is 13.8 Å². The monoisotopic (exact) mass is 304 g/mol. The maximum absolute atomic E-state index is 12.7. The van der Waals surface area contributed by atoms with Crippen LogP contribution in [0.5, 0.6) is 0 Å². The molecule has 5 nitrogen and oxygen atoms in total. The molecule has 0 saturated carbocycles. The molecule has 1 aliphatic rings. The van der Waals surface area contributed by atoms with E-state index in [2.05, 4.69) is 15.3 Å². The largest absolute Gasteiger partial charge is 0.433 e. The first kappa shape index (κ1) is 16.0. The lowest BCUT2D eigenvalue weighted by atomic mass is 10.2. The Bertz CT molecular complexity index is 467. The van der Waals surface area contributed by atoms with Gasteiger partial charge in [0.15, 0.2) is 0 Å². The fourth-order valence-electron chi connectivity index (χ4n) is 2.10. The fraction of sp³-hybridized carbons (Fsp3) is 0.692. The molecule has 2 rings (SSSR count). The van der Waals surface area contributed by atoms with Crippen molar-refractivity contribution in [2.45, 2.75) is 32.1 Å². The highest BCUT2D eigenvalue weighted by atomic mass is 19.4. The number of rotatable bonds is 4. The highest BCUT2D eigenvalue weighted by Crippen LogP contribution is 2.28. The Morgan fingerprint density at radius 1 is 1.48 bits per heavy atom. The Labute approximate surface area is 121 Å². The van der Waals surface area contributed by atoms with Crippen LogP contribution in [0.4, 0.5) is 19.1 Å². The van der Waals surface area contributed by atoms with E-state index in [-0.39, 0.29) is 18.0 Å². The normalized spacial score (nSPS) is 20.1. The molecule has 118 valence electrons. The fourth-order valence-corrected chi connectivity index (χ4v) is 2.10. The number of morpholine rings is 1. The molecule has 1 N–H and O–H groups in total. The van der Waals surface area contributed by atoms with Crippen molar-refractivity contribution in [1.82, 2.24) is 15.3 Å². The summed E-state index contributed by atoms with van der Waals surface area (Å²) in [6.07, 6.45) is -3.32. The van der Waals surface area contributed by atoms with E-state index >= 15 is 0 Å². The summed E-state index contributed by atoms with van der Waals surface area (Å²) < 4.78 is 43.6. The summed E-state index contributed by atoms with van der Waals surface area (Å²) in [5, 5.41) is 3.26. The molecular weight excluding hydrogens is 285 g/mol. The maximum atomic E-state index is 12.7. The van der Waals surface area contributed by atoms with Crippen molar-refractivity contribution in [2.24, 2.45) is 0 Å². The molecule has 0 spiro atoms. The van der Waals surface area contributed by atoms with Gasteiger partial charge in [0.2, 0.25) is 5.95 Å². The first-order chi connectivity index (χ1) is 9.88. The Balaban J connectivity index is 2.17. The molecule has 1 atom stereocenters. The van der Waals surface area contributed by atoms with Crippen LogP contribution in [-0.4, -0.2) is 48.4 Å². The number of alkyl halides is 3. The molecule has 0 bridgehead atoms. The molecule has 0 aromatic carbocycles. The minimum Gasteiger partial charge on any atom is -0.377 e. The van der Waals surface area contributed by atoms with Crippen molar-refractivity contribution in [3.8, 4) is 0 Å². The van der Waals surface area contributed by atoms with Gasteiger partial charge in [-0.25, -0.2) is 9.97 Å². The van der Waals surface area contributed by atoms with Crippen molar-refractivity contribution < 1.29 is 17.9 Å². The van der Waals surface area contributed by atoms with Crippen molar-refractivity contribution in [2.75, 3.05) is 31.2 Å². The van der Waals surface area contributed by atoms with Crippen LogP contribution in [0, 0.1) is 0 Å². The molecule has 0 radical (unpaired) electrons. The molecule has 21 heavy (non-hydrogen) atoms. The maximum Gasteiger partial charge on any atom is 0.433 e. The van der Waals surface area contributed by atoms with Crippen LogP contribution in [0.25, 0.3) is 0 Å². The molecule has 8 heteroatoms. The van der Waals surface area contributed by atoms with Crippen LogP contribution < -0.4 is 10.2 Å². The van der Waals surface area contributed by atoms with Gasteiger partial charge in [0, 0.05) is 25.3 Å². The van der Waals surface area contributed by atoms with Gasteiger partial charge in [0.25, 0.3) is 0 Å². The van der Waals surface area contributed by atoms with E-state index < -0.39 is 11.9 Å². The second-order valence-corrected chi connectivity index (χ2v) is 5.22. The zero-order valence-electron chi connectivity index (χ0n) is 12.0. The summed E-state index contributed by atoms with van der Waals surface area (Å²) >= 11 is 0. The molecule has 1 unspecified atom stereocenters. The van der Waals surface area contributed by atoms with Crippen LogP contribution in [0.1, 0.15) is 19.5 Å². The van der Waals surface area contributed by atoms with Gasteiger partial charge in [-0.15, -0.1) is 0 Å². The van der Waals surface area contributed by atoms with Crippen molar-refractivity contribution in [1.29, 1.82) is 0 Å². The average molecular weight is 304 g/mol. The standard InChI is InChI=1S/C13H19F3N4O/c1-9(2)18-7-10-8-21-6-5-20(10)12-17-4-3-11(19-12)13(14,15)16/h3-4,9-10,18H,5-8H2,1-2H3. The summed E-state index contributed by atoms with van der Waals surface area (Å²) in [6, 6.07) is 1.09. The number of ether oxygens (including phenoxy) is 1. The van der Waals surface area contributed by atoms with E-state index in [9.17, 15) is 13.2 Å². The molecule has 0 aliphatic carbocycles. The smallest absolute Gasteiger partial charge is 0.377 e. The van der Waals surface area contributed by atoms with Gasteiger partial charge in [0.1, 0.15) is 5.69 Å². The van der Waals surface area contributed by atoms with Crippen molar-refractivity contribution >= 4 is 5.95 Å². The van der Waals surface area contributed by atoms with E-state index in [1.165, 1.54) is 0 Å². The molecule has 1 aromatic heterocycles. The van der Waals surface area contributed by atoms with Gasteiger partial charge in [-0.2, -0.15) is 13.2 Å². The topological polar surface area (TPSA) is 50.3 Å². The summed E-state index contributed by atoms with van der Waals surface area (Å²) in [5.74, 6) is 0.101. The summed E-state index contributed by atoms with van der Waals surface area (Å²) in [6.45, 7) is 6.00. The Morgan fingerprint density at radius 3 is 2.90 bits per heavy atom. The molecular formula is C13H19F3N4O. The Morgan fingerprint density at radius 2 is 2.24 bits per heavy atom. The molecule has 1 aromatic rings. The quantitative estimate of drug-likeness (QED) is 0.917. The van der Waals surface area contributed by atoms with Crippen LogP contribution in [0.2, 0.25) is 0 Å². The summed E-state index contributed by atoms with van der Waals surface area (Å²) in [4.78, 5) is 9.41. The molecule has 0 amide bonds. The first-order valence-electron chi connectivity index (χ1n) is 6.86. The van der Waals surface area contributed by atoms with Crippen LogP contribution in [0.15, 0.2) is 12.3 Å². The van der Waals surface area contributed by atoms with Crippen LogP contribution in [0.3, 0.4) is 0 Å². The lowest BCUT2D eigenvalue weighted by Crippen LogP contribution is -2.52. The Hall–Kier alpha value is -1.41. The van der Waals surface area contributed by atoms with Gasteiger partial charge >= 0.3 is 6.18 Å². The lowest BCUT2D eigenvalue weighted by molar-refractivity contribution is -0.141. The van der Waals surface area contributed by atoms with Crippen LogP contribution in [-0.2, 0) is 10.9 Å². The van der Waals surface area contributed by atoms with E-state index in [4.69, 9.17) is 4.74 Å². The van der Waals surface area contributed by atoms with Crippen molar-refractivity contribution in [3.63, 3.8) is 0 Å². The number of anilines is 1. The predicted molar refractivity (Wildman–Crippen MR) is 72.1 cm³/mol. The molecule has 1 fully saturated rings. The predicted octanol–water partition coefficient (Wildman–Crippen LogP) is 1.70. The zero-order valence-corrected chi connectivity index (χ0v) is 12.0. The van der Waals surface area contributed by atoms with Gasteiger partial charge in [0.05, 0.1) is 19.3 Å². The minimum absolute atomic E-state index is 0.0790. The molecule has 1 aliphatic heterocycles. The third-order valence-corrected chi connectivity index (χ3v) is 3.18. The summed E-state index contributed by atoms with van der Waals surface area (Å²) in [5.41, 5.74) is -0.922. The highest BCUT2D eigenvalue weighted by molar-refractivity contribution is 5.33. The third-order valence-electron chi connectivity index (χ3n) is 3.18. The second-order valence-electron chi connectivity index (χ2n) is 5.22. The highest BCUT2D eigenvalue weighted by Gasteiger charge is 2.34. The molecule has 2 heterocycles. The second kappa shape index (κ2) is 6.57. The van der Waals surface area contributed by atoms with E-state index in [1.54, 1.807) is 4.90 Å². The number of hydrogen-bond donors (Lipinski definition) is 1. The van der Waals surface area contributed by atoms with E-state index in [1.807, 2.05) is 13.8 Å². The number of aromatic nitrogens is 2. The van der Waals surface area contributed by atoms with Crippen molar-refractivity contribution in [3.05, 3.63) is 18.0 Å². The Kier molecular flexibility index (Phi) is 5.00. The van der Waals surface area contributed by atoms with E-state index in [0.717, 1.165) is 12.3 Å². The van der Waals surface area contributed by atoms with Gasteiger partial charge in [-0.3, -0.25) is 0 Å². The number of hydrogen-bond acceptors (Lipinski definition) is 5. The van der Waals surface area contributed by atoms with E-state index in [0.29, 0.717) is 26.3 Å². The average Bonchev–Trinajstić information content (AvgIpc) is 2.44. The number of nitrogens with one attached hydrogen (secondary N) is 1. The zero-order chi connectivity index (χ0) is 15.5. The first-order valence-corrected chi connectivity index (χ1v) is 6.86. The lowest BCUT2D eigenvalue weighted by Gasteiger charge is -2.36. The third kappa shape index (κ3) is 4.28. The number of nitrogens with zero attached hydrogens (tertiary/aromatic N) is 3.